The van der Waals surface area contributed by atoms with Crippen LogP contribution >= 0.6 is 11.3 Å². The second kappa shape index (κ2) is 5.10. The van der Waals surface area contributed by atoms with Crippen molar-refractivity contribution in [3.8, 4) is 0 Å². The van der Waals surface area contributed by atoms with E-state index in [0.29, 0.717) is 5.82 Å². The maximum Gasteiger partial charge on any atom is 0.254 e. The largest absolute Gasteiger partial charge is 0.311 e. The van der Waals surface area contributed by atoms with Crippen LogP contribution in [-0.2, 0) is 19.5 Å². The third-order valence-electron chi connectivity index (χ3n) is 3.64. The molecule has 3 rings (SSSR count). The number of aromatic nitrogens is 3. The third kappa shape index (κ3) is 2.53. The quantitative estimate of drug-likeness (QED) is 0.914. The van der Waals surface area contributed by atoms with Crippen LogP contribution in [-0.4, -0.2) is 26.4 Å². The lowest BCUT2D eigenvalue weighted by Gasteiger charge is -2.27. The molecule has 0 atom stereocenters. The molecule has 0 bridgehead atoms. The van der Waals surface area contributed by atoms with Crippen molar-refractivity contribution < 1.29 is 0 Å². The Balaban J connectivity index is 1.82. The number of aromatic amines is 1. The van der Waals surface area contributed by atoms with E-state index < -0.39 is 0 Å². The van der Waals surface area contributed by atoms with Gasteiger partial charge in [0.05, 0.1) is 16.4 Å². The summed E-state index contributed by atoms with van der Waals surface area (Å²) < 4.78 is 0. The Hall–Kier alpha value is -1.53. The highest BCUT2D eigenvalue weighted by molar-refractivity contribution is 7.11. The number of rotatable bonds is 2. The van der Waals surface area contributed by atoms with Crippen molar-refractivity contribution in [3.05, 3.63) is 43.0 Å². The minimum atomic E-state index is 0.0250. The summed E-state index contributed by atoms with van der Waals surface area (Å²) in [5.41, 5.74) is 2.92. The van der Waals surface area contributed by atoms with Gasteiger partial charge in [-0.25, -0.2) is 9.97 Å². The SMILES string of the molecule is Cc1nc2c(c(=O)[nH]1)CCN(Cc1sc(C)nc1C)C2. The van der Waals surface area contributed by atoms with E-state index in [9.17, 15) is 4.79 Å². The van der Waals surface area contributed by atoms with E-state index in [0.717, 1.165) is 48.0 Å². The monoisotopic (exact) mass is 290 g/mol. The van der Waals surface area contributed by atoms with Crippen LogP contribution in [0.2, 0.25) is 0 Å². The maximum atomic E-state index is 11.9. The molecule has 0 radical (unpaired) electrons. The van der Waals surface area contributed by atoms with E-state index in [1.807, 2.05) is 13.8 Å². The van der Waals surface area contributed by atoms with E-state index >= 15 is 0 Å². The molecule has 0 aliphatic carbocycles. The highest BCUT2D eigenvalue weighted by Gasteiger charge is 2.21. The summed E-state index contributed by atoms with van der Waals surface area (Å²) in [6, 6.07) is 0. The molecule has 0 unspecified atom stereocenters. The van der Waals surface area contributed by atoms with Crippen molar-refractivity contribution in [2.45, 2.75) is 40.3 Å². The zero-order valence-electron chi connectivity index (χ0n) is 12.0. The first kappa shape index (κ1) is 13.5. The average Bonchev–Trinajstić information content (AvgIpc) is 2.67. The van der Waals surface area contributed by atoms with Crippen LogP contribution in [0, 0.1) is 20.8 Å². The Morgan fingerprint density at radius 1 is 1.30 bits per heavy atom. The van der Waals surface area contributed by atoms with Gasteiger partial charge in [-0.15, -0.1) is 11.3 Å². The lowest BCUT2D eigenvalue weighted by Crippen LogP contribution is -2.35. The third-order valence-corrected chi connectivity index (χ3v) is 4.70. The summed E-state index contributed by atoms with van der Waals surface area (Å²) in [7, 11) is 0. The second-order valence-electron chi connectivity index (χ2n) is 5.28. The first-order valence-electron chi connectivity index (χ1n) is 6.77. The summed E-state index contributed by atoms with van der Waals surface area (Å²) in [5.74, 6) is 0.695. The number of hydrogen-bond acceptors (Lipinski definition) is 5. The van der Waals surface area contributed by atoms with Crippen LogP contribution in [0.15, 0.2) is 4.79 Å². The van der Waals surface area contributed by atoms with E-state index in [4.69, 9.17) is 0 Å². The molecule has 20 heavy (non-hydrogen) atoms. The molecule has 0 saturated heterocycles. The zero-order chi connectivity index (χ0) is 14.3. The molecule has 6 heteroatoms. The average molecular weight is 290 g/mol. The lowest BCUT2D eigenvalue weighted by atomic mass is 10.1. The Bertz CT molecular complexity index is 704. The molecule has 3 heterocycles. The van der Waals surface area contributed by atoms with Crippen molar-refractivity contribution in [1.29, 1.82) is 0 Å². The van der Waals surface area contributed by atoms with Crippen LogP contribution in [0.4, 0.5) is 0 Å². The summed E-state index contributed by atoms with van der Waals surface area (Å²) in [6.07, 6.45) is 0.773. The van der Waals surface area contributed by atoms with Gasteiger partial charge in [0.2, 0.25) is 0 Å². The van der Waals surface area contributed by atoms with Gasteiger partial charge in [0.25, 0.3) is 5.56 Å². The molecule has 0 fully saturated rings. The van der Waals surface area contributed by atoms with Crippen molar-refractivity contribution in [1.82, 2.24) is 19.9 Å². The molecule has 0 saturated carbocycles. The summed E-state index contributed by atoms with van der Waals surface area (Å²) in [4.78, 5) is 27.3. The molecular weight excluding hydrogens is 272 g/mol. The number of nitrogens with zero attached hydrogens (tertiary/aromatic N) is 3. The first-order chi connectivity index (χ1) is 9.52. The van der Waals surface area contributed by atoms with Crippen molar-refractivity contribution >= 4 is 11.3 Å². The summed E-state index contributed by atoms with van der Waals surface area (Å²) >= 11 is 1.75. The summed E-state index contributed by atoms with van der Waals surface area (Å²) in [6.45, 7) is 8.47. The molecule has 1 aliphatic heterocycles. The van der Waals surface area contributed by atoms with Crippen LogP contribution in [0.3, 0.4) is 0 Å². The van der Waals surface area contributed by atoms with E-state index in [-0.39, 0.29) is 5.56 Å². The van der Waals surface area contributed by atoms with Crippen LogP contribution < -0.4 is 5.56 Å². The molecule has 0 amide bonds. The van der Waals surface area contributed by atoms with Gasteiger partial charge < -0.3 is 4.98 Å². The standard InChI is InChI=1S/C14H18N4OS/c1-8-13(20-10(3)15-8)7-18-5-4-11-12(6-18)16-9(2)17-14(11)19/h4-7H2,1-3H3,(H,16,17,19). The van der Waals surface area contributed by atoms with Crippen molar-refractivity contribution in [2.24, 2.45) is 0 Å². The fourth-order valence-corrected chi connectivity index (χ4v) is 3.66. The van der Waals surface area contributed by atoms with Crippen LogP contribution in [0.1, 0.15) is 32.7 Å². The van der Waals surface area contributed by atoms with E-state index in [2.05, 4.69) is 26.8 Å². The fourth-order valence-electron chi connectivity index (χ4n) is 2.68. The molecule has 5 nitrogen and oxygen atoms in total. The minimum absolute atomic E-state index is 0.0250. The van der Waals surface area contributed by atoms with E-state index in [1.54, 1.807) is 11.3 Å². The zero-order valence-corrected chi connectivity index (χ0v) is 12.8. The van der Waals surface area contributed by atoms with Crippen LogP contribution in [0.25, 0.3) is 0 Å². The Morgan fingerprint density at radius 3 is 2.80 bits per heavy atom. The van der Waals surface area contributed by atoms with Gasteiger partial charge >= 0.3 is 0 Å². The van der Waals surface area contributed by atoms with Gasteiger partial charge in [-0.2, -0.15) is 0 Å². The normalized spacial score (nSPS) is 15.3. The van der Waals surface area contributed by atoms with Gasteiger partial charge in [0.15, 0.2) is 0 Å². The molecule has 2 aromatic heterocycles. The molecule has 0 spiro atoms. The minimum Gasteiger partial charge on any atom is -0.311 e. The number of hydrogen-bond donors (Lipinski definition) is 1. The Kier molecular flexibility index (Phi) is 3.43. The van der Waals surface area contributed by atoms with Gasteiger partial charge in [0, 0.05) is 30.1 Å². The van der Waals surface area contributed by atoms with Gasteiger partial charge in [-0.1, -0.05) is 0 Å². The highest BCUT2D eigenvalue weighted by Crippen LogP contribution is 2.22. The molecule has 106 valence electrons. The molecule has 0 aromatic carbocycles. The van der Waals surface area contributed by atoms with Crippen LogP contribution in [0.5, 0.6) is 0 Å². The second-order valence-corrected chi connectivity index (χ2v) is 6.57. The summed E-state index contributed by atoms with van der Waals surface area (Å²) in [5, 5.41) is 1.11. The highest BCUT2D eigenvalue weighted by atomic mass is 32.1. The number of fused-ring (bicyclic) bond motifs is 1. The molecular formula is C14H18N4OS. The van der Waals surface area contributed by atoms with Gasteiger partial charge in [0.1, 0.15) is 5.82 Å². The van der Waals surface area contributed by atoms with Gasteiger partial charge in [-0.3, -0.25) is 9.69 Å². The van der Waals surface area contributed by atoms with E-state index in [1.165, 1.54) is 4.88 Å². The number of nitrogens with one attached hydrogen (secondary N) is 1. The Morgan fingerprint density at radius 2 is 2.10 bits per heavy atom. The molecule has 2 aromatic rings. The maximum absolute atomic E-state index is 11.9. The first-order valence-corrected chi connectivity index (χ1v) is 7.58. The number of aryl methyl sites for hydroxylation is 3. The number of thiazole rings is 1. The Labute approximate surface area is 121 Å². The number of H-pyrrole nitrogens is 1. The molecule has 1 aliphatic rings. The predicted octanol–water partition coefficient (Wildman–Crippen LogP) is 1.71. The fraction of sp³-hybridized carbons (Fsp3) is 0.500. The van der Waals surface area contributed by atoms with Crippen molar-refractivity contribution in [2.75, 3.05) is 6.54 Å². The van der Waals surface area contributed by atoms with Crippen molar-refractivity contribution in [3.63, 3.8) is 0 Å². The van der Waals surface area contributed by atoms with Gasteiger partial charge in [-0.05, 0) is 27.2 Å². The smallest absolute Gasteiger partial charge is 0.254 e. The molecule has 1 N–H and O–H groups in total. The topological polar surface area (TPSA) is 61.9 Å². The lowest BCUT2D eigenvalue weighted by molar-refractivity contribution is 0.241. The predicted molar refractivity (Wildman–Crippen MR) is 79.0 cm³/mol.